The largest absolute Gasteiger partial charge is 0.353 e. The van der Waals surface area contributed by atoms with Crippen LogP contribution in [0.3, 0.4) is 0 Å². The second kappa shape index (κ2) is 5.68. The predicted octanol–water partition coefficient (Wildman–Crippen LogP) is 3.12. The first kappa shape index (κ1) is 13.2. The third-order valence-corrected chi connectivity index (χ3v) is 4.19. The highest BCUT2D eigenvalue weighted by Gasteiger charge is 2.09. The van der Waals surface area contributed by atoms with Gasteiger partial charge in [-0.2, -0.15) is 9.47 Å². The molecule has 2 N–H and O–H groups in total. The summed E-state index contributed by atoms with van der Waals surface area (Å²) in [6.07, 6.45) is 0. The molecule has 0 spiro atoms. The van der Waals surface area contributed by atoms with E-state index in [1.54, 1.807) is 11.3 Å². The Labute approximate surface area is 124 Å². The van der Waals surface area contributed by atoms with Gasteiger partial charge in [0.15, 0.2) is 5.82 Å². The van der Waals surface area contributed by atoms with Crippen LogP contribution in [0.4, 0.5) is 5.13 Å². The van der Waals surface area contributed by atoms with Gasteiger partial charge in [0.25, 0.3) is 0 Å². The lowest BCUT2D eigenvalue weighted by atomic mass is 10.2. The van der Waals surface area contributed by atoms with Crippen LogP contribution in [0.2, 0.25) is 0 Å². The minimum Gasteiger partial charge on any atom is -0.353 e. The van der Waals surface area contributed by atoms with Crippen molar-refractivity contribution in [1.82, 2.24) is 24.5 Å². The van der Waals surface area contributed by atoms with Crippen molar-refractivity contribution >= 4 is 28.0 Å². The molecular formula is C12H14N6S2. The summed E-state index contributed by atoms with van der Waals surface area (Å²) in [5.41, 5.74) is 0. The minimum atomic E-state index is 0.345. The summed E-state index contributed by atoms with van der Waals surface area (Å²) in [5, 5.41) is 13.2. The molecule has 0 aliphatic carbocycles. The Balaban J connectivity index is 1.63. The van der Waals surface area contributed by atoms with Gasteiger partial charge in [0.2, 0.25) is 5.13 Å². The Morgan fingerprint density at radius 1 is 1.35 bits per heavy atom. The SMILES string of the molecule is CC(C)c1nsc(NCc2nc(-c3cccs3)n[nH]2)n1. The van der Waals surface area contributed by atoms with E-state index in [1.165, 1.54) is 11.5 Å². The van der Waals surface area contributed by atoms with Crippen LogP contribution in [-0.2, 0) is 6.54 Å². The molecule has 0 saturated carbocycles. The zero-order valence-corrected chi connectivity index (χ0v) is 12.8. The molecule has 0 aromatic carbocycles. The normalized spacial score (nSPS) is 11.2. The van der Waals surface area contributed by atoms with Gasteiger partial charge in [-0.25, -0.2) is 9.97 Å². The topological polar surface area (TPSA) is 79.4 Å². The number of aromatic nitrogens is 5. The molecule has 6 nitrogen and oxygen atoms in total. The van der Waals surface area contributed by atoms with Crippen molar-refractivity contribution in [2.24, 2.45) is 0 Å². The fourth-order valence-electron chi connectivity index (χ4n) is 1.59. The van der Waals surface area contributed by atoms with Gasteiger partial charge >= 0.3 is 0 Å². The number of anilines is 1. The van der Waals surface area contributed by atoms with Crippen LogP contribution in [0.1, 0.15) is 31.4 Å². The summed E-state index contributed by atoms with van der Waals surface area (Å²) in [7, 11) is 0. The highest BCUT2D eigenvalue weighted by molar-refractivity contribution is 7.13. The fraction of sp³-hybridized carbons (Fsp3) is 0.333. The molecule has 3 aromatic rings. The number of thiophene rings is 1. The molecule has 0 aliphatic heterocycles. The maximum atomic E-state index is 4.45. The first-order valence-electron chi connectivity index (χ1n) is 6.25. The van der Waals surface area contributed by atoms with E-state index in [2.05, 4.69) is 43.7 Å². The molecule has 0 aliphatic rings. The van der Waals surface area contributed by atoms with Crippen molar-refractivity contribution in [2.45, 2.75) is 26.3 Å². The Kier molecular flexibility index (Phi) is 3.75. The van der Waals surface area contributed by atoms with Crippen LogP contribution in [0.15, 0.2) is 17.5 Å². The molecule has 0 unspecified atom stereocenters. The van der Waals surface area contributed by atoms with Gasteiger partial charge in [-0.15, -0.1) is 11.3 Å². The van der Waals surface area contributed by atoms with Gasteiger partial charge in [0.05, 0.1) is 11.4 Å². The summed E-state index contributed by atoms with van der Waals surface area (Å²) in [4.78, 5) is 9.93. The van der Waals surface area contributed by atoms with Crippen LogP contribution in [0, 0.1) is 0 Å². The van der Waals surface area contributed by atoms with E-state index < -0.39 is 0 Å². The van der Waals surface area contributed by atoms with E-state index >= 15 is 0 Å². The van der Waals surface area contributed by atoms with Crippen LogP contribution < -0.4 is 5.32 Å². The lowest BCUT2D eigenvalue weighted by Crippen LogP contribution is -2.01. The van der Waals surface area contributed by atoms with E-state index in [0.29, 0.717) is 12.5 Å². The summed E-state index contributed by atoms with van der Waals surface area (Å²) in [5.74, 6) is 2.73. The van der Waals surface area contributed by atoms with Gasteiger partial charge in [0, 0.05) is 17.5 Å². The van der Waals surface area contributed by atoms with E-state index in [4.69, 9.17) is 0 Å². The Hall–Kier alpha value is -1.80. The molecule has 0 saturated heterocycles. The van der Waals surface area contributed by atoms with Crippen molar-refractivity contribution in [2.75, 3.05) is 5.32 Å². The molecule has 3 heterocycles. The molecule has 0 bridgehead atoms. The third-order valence-electron chi connectivity index (χ3n) is 2.64. The van der Waals surface area contributed by atoms with Crippen molar-refractivity contribution in [1.29, 1.82) is 0 Å². The van der Waals surface area contributed by atoms with Crippen molar-refractivity contribution in [3.05, 3.63) is 29.2 Å². The van der Waals surface area contributed by atoms with Gasteiger partial charge in [-0.3, -0.25) is 5.10 Å². The Morgan fingerprint density at radius 2 is 2.25 bits per heavy atom. The monoisotopic (exact) mass is 306 g/mol. The van der Waals surface area contributed by atoms with Crippen molar-refractivity contribution < 1.29 is 0 Å². The molecule has 0 amide bonds. The lowest BCUT2D eigenvalue weighted by Gasteiger charge is -1.98. The van der Waals surface area contributed by atoms with Crippen LogP contribution >= 0.6 is 22.9 Å². The average Bonchev–Trinajstić information content (AvgIpc) is 3.17. The number of hydrogen-bond acceptors (Lipinski definition) is 7. The molecule has 0 radical (unpaired) electrons. The first-order chi connectivity index (χ1) is 9.72. The maximum absolute atomic E-state index is 4.45. The highest BCUT2D eigenvalue weighted by Crippen LogP contribution is 2.21. The van der Waals surface area contributed by atoms with E-state index in [9.17, 15) is 0 Å². The number of rotatable bonds is 5. The molecule has 0 atom stereocenters. The first-order valence-corrected chi connectivity index (χ1v) is 7.90. The van der Waals surface area contributed by atoms with E-state index in [0.717, 1.165) is 27.5 Å². The highest BCUT2D eigenvalue weighted by atomic mass is 32.1. The molecule has 0 fully saturated rings. The zero-order chi connectivity index (χ0) is 13.9. The Bertz CT molecular complexity index is 670. The van der Waals surface area contributed by atoms with Crippen molar-refractivity contribution in [3.8, 4) is 10.7 Å². The lowest BCUT2D eigenvalue weighted by molar-refractivity contribution is 0.798. The smallest absolute Gasteiger partial charge is 0.202 e. The average molecular weight is 306 g/mol. The van der Waals surface area contributed by atoms with Gasteiger partial charge in [-0.1, -0.05) is 19.9 Å². The van der Waals surface area contributed by atoms with Crippen LogP contribution in [0.25, 0.3) is 10.7 Å². The number of aromatic amines is 1. The summed E-state index contributed by atoms with van der Waals surface area (Å²) < 4.78 is 4.30. The number of nitrogens with one attached hydrogen (secondary N) is 2. The van der Waals surface area contributed by atoms with Gasteiger partial charge in [-0.05, 0) is 11.4 Å². The fourth-order valence-corrected chi connectivity index (χ4v) is 2.95. The molecule has 104 valence electrons. The number of nitrogens with zero attached hydrogens (tertiary/aromatic N) is 4. The molecule has 20 heavy (non-hydrogen) atoms. The van der Waals surface area contributed by atoms with Crippen LogP contribution in [-0.4, -0.2) is 24.5 Å². The molecule has 3 rings (SSSR count). The molecule has 8 heteroatoms. The predicted molar refractivity (Wildman–Crippen MR) is 81.0 cm³/mol. The maximum Gasteiger partial charge on any atom is 0.202 e. The van der Waals surface area contributed by atoms with Gasteiger partial charge < -0.3 is 5.32 Å². The second-order valence-electron chi connectivity index (χ2n) is 4.55. The zero-order valence-electron chi connectivity index (χ0n) is 11.1. The summed E-state index contributed by atoms with van der Waals surface area (Å²) >= 11 is 2.99. The standard InChI is InChI=1S/C12H14N6S2/c1-7(2)10-15-12(20-18-10)13-6-9-14-11(17-16-9)8-4-3-5-19-8/h3-5,7H,6H2,1-2H3,(H,13,15,18)(H,14,16,17). The Morgan fingerprint density at radius 3 is 2.95 bits per heavy atom. The molecule has 3 aromatic heterocycles. The van der Waals surface area contributed by atoms with E-state index in [-0.39, 0.29) is 0 Å². The third kappa shape index (κ3) is 2.86. The van der Waals surface area contributed by atoms with Gasteiger partial charge in [0.1, 0.15) is 11.6 Å². The van der Waals surface area contributed by atoms with Crippen LogP contribution in [0.5, 0.6) is 0 Å². The molecular weight excluding hydrogens is 292 g/mol. The minimum absolute atomic E-state index is 0.345. The summed E-state index contributed by atoms with van der Waals surface area (Å²) in [6.45, 7) is 4.72. The van der Waals surface area contributed by atoms with Crippen molar-refractivity contribution in [3.63, 3.8) is 0 Å². The van der Waals surface area contributed by atoms with E-state index in [1.807, 2.05) is 17.5 Å². The quantitative estimate of drug-likeness (QED) is 0.757. The number of hydrogen-bond donors (Lipinski definition) is 2. The second-order valence-corrected chi connectivity index (χ2v) is 6.25. The number of H-pyrrole nitrogens is 1. The summed E-state index contributed by atoms with van der Waals surface area (Å²) in [6, 6.07) is 3.99.